The Bertz CT molecular complexity index is 421. The number of nitrogens with zero attached hydrogens (tertiary/aromatic N) is 1. The Morgan fingerprint density at radius 2 is 2.21 bits per heavy atom. The van der Waals surface area contributed by atoms with E-state index >= 15 is 0 Å². The largest absolute Gasteiger partial charge is 0.507 e. The molecule has 0 amide bonds. The minimum atomic E-state index is -1.25. The van der Waals surface area contributed by atoms with Gasteiger partial charge in [0, 0.05) is 6.54 Å². The molecule has 0 saturated heterocycles. The van der Waals surface area contributed by atoms with Crippen molar-refractivity contribution < 1.29 is 15.0 Å². The molecule has 1 aromatic carbocycles. The number of nitrogens with two attached hydrogens (primary N) is 1. The zero-order valence-electron chi connectivity index (χ0n) is 7.19. The highest BCUT2D eigenvalue weighted by Crippen LogP contribution is 2.21. The molecular formula is C9H8N2O3. The van der Waals surface area contributed by atoms with Gasteiger partial charge >= 0.3 is 5.97 Å². The molecule has 0 radical (unpaired) electrons. The molecule has 0 aliphatic carbocycles. The fraction of sp³-hybridized carbons (Fsp3) is 0.111. The first kappa shape index (κ1) is 10.0. The lowest BCUT2D eigenvalue weighted by Gasteiger charge is -2.04. The molecule has 5 heteroatoms. The molecular weight excluding hydrogens is 184 g/mol. The highest BCUT2D eigenvalue weighted by Gasteiger charge is 2.13. The molecule has 1 aromatic rings. The third kappa shape index (κ3) is 1.65. The van der Waals surface area contributed by atoms with Gasteiger partial charge in [-0.05, 0) is 17.7 Å². The Hall–Kier alpha value is -2.06. The summed E-state index contributed by atoms with van der Waals surface area (Å²) in [5.74, 6) is -1.67. The van der Waals surface area contributed by atoms with Gasteiger partial charge in [0.05, 0.1) is 11.6 Å². The highest BCUT2D eigenvalue weighted by molar-refractivity contribution is 5.91. The van der Waals surface area contributed by atoms with Crippen LogP contribution in [0.15, 0.2) is 12.1 Å². The van der Waals surface area contributed by atoms with Crippen LogP contribution >= 0.6 is 0 Å². The second-order valence-electron chi connectivity index (χ2n) is 2.65. The van der Waals surface area contributed by atoms with Crippen molar-refractivity contribution >= 4 is 5.97 Å². The van der Waals surface area contributed by atoms with E-state index in [1.54, 1.807) is 0 Å². The van der Waals surface area contributed by atoms with E-state index in [0.717, 1.165) is 6.07 Å². The van der Waals surface area contributed by atoms with Crippen molar-refractivity contribution in [2.45, 2.75) is 6.54 Å². The number of nitriles is 1. The molecule has 0 aromatic heterocycles. The summed E-state index contributed by atoms with van der Waals surface area (Å²) in [4.78, 5) is 10.6. The number of carboxylic acids is 1. The Morgan fingerprint density at radius 1 is 1.57 bits per heavy atom. The van der Waals surface area contributed by atoms with Gasteiger partial charge in [0.2, 0.25) is 0 Å². The first-order valence-electron chi connectivity index (χ1n) is 3.79. The summed E-state index contributed by atoms with van der Waals surface area (Å²) < 4.78 is 0. The number of rotatable bonds is 2. The predicted molar refractivity (Wildman–Crippen MR) is 47.7 cm³/mol. The topological polar surface area (TPSA) is 107 Å². The number of aromatic hydroxyl groups is 1. The standard InChI is InChI=1S/C9H8N2O3/c10-3-5-1-7(9(13)14)8(12)2-6(5)4-11/h1-2,12H,3,10H2,(H,13,14). The third-order valence-electron chi connectivity index (χ3n) is 1.79. The van der Waals surface area contributed by atoms with Crippen LogP contribution in [0.2, 0.25) is 0 Å². The summed E-state index contributed by atoms with van der Waals surface area (Å²) in [6, 6.07) is 4.13. The van der Waals surface area contributed by atoms with Crippen molar-refractivity contribution in [3.63, 3.8) is 0 Å². The first-order chi connectivity index (χ1) is 6.60. The van der Waals surface area contributed by atoms with Gasteiger partial charge in [0.15, 0.2) is 0 Å². The molecule has 0 heterocycles. The first-order valence-corrected chi connectivity index (χ1v) is 3.79. The van der Waals surface area contributed by atoms with Gasteiger partial charge in [-0.15, -0.1) is 0 Å². The minimum Gasteiger partial charge on any atom is -0.507 e. The molecule has 0 unspecified atom stereocenters. The molecule has 0 aliphatic rings. The van der Waals surface area contributed by atoms with Gasteiger partial charge in [-0.25, -0.2) is 4.79 Å². The average molecular weight is 192 g/mol. The lowest BCUT2D eigenvalue weighted by Crippen LogP contribution is -2.04. The van der Waals surface area contributed by atoms with E-state index in [1.807, 2.05) is 6.07 Å². The third-order valence-corrected chi connectivity index (χ3v) is 1.79. The predicted octanol–water partition coefficient (Wildman–Crippen LogP) is 0.421. The summed E-state index contributed by atoms with van der Waals surface area (Å²) in [6.07, 6.45) is 0. The Labute approximate surface area is 80.0 Å². The zero-order valence-corrected chi connectivity index (χ0v) is 7.19. The lowest BCUT2D eigenvalue weighted by atomic mass is 10.0. The van der Waals surface area contributed by atoms with Crippen LogP contribution in [0.25, 0.3) is 0 Å². The summed E-state index contributed by atoms with van der Waals surface area (Å²) in [5.41, 5.74) is 5.67. The van der Waals surface area contributed by atoms with E-state index in [-0.39, 0.29) is 17.7 Å². The summed E-state index contributed by atoms with van der Waals surface area (Å²) in [6.45, 7) is 0.0590. The normalized spacial score (nSPS) is 9.43. The van der Waals surface area contributed by atoms with E-state index in [2.05, 4.69) is 0 Å². The SMILES string of the molecule is N#Cc1cc(O)c(C(=O)O)cc1CN. The van der Waals surface area contributed by atoms with E-state index in [0.29, 0.717) is 5.56 Å². The quantitative estimate of drug-likeness (QED) is 0.629. The number of aromatic carboxylic acids is 1. The summed E-state index contributed by atoms with van der Waals surface area (Å²) in [7, 11) is 0. The zero-order chi connectivity index (χ0) is 10.7. The monoisotopic (exact) mass is 192 g/mol. The van der Waals surface area contributed by atoms with Crippen molar-refractivity contribution in [3.05, 3.63) is 28.8 Å². The molecule has 14 heavy (non-hydrogen) atoms. The maximum absolute atomic E-state index is 10.6. The second kappa shape index (κ2) is 3.77. The fourth-order valence-electron chi connectivity index (χ4n) is 1.08. The Kier molecular flexibility index (Phi) is 2.70. The van der Waals surface area contributed by atoms with Gasteiger partial charge < -0.3 is 15.9 Å². The maximum atomic E-state index is 10.6. The molecule has 0 atom stereocenters. The smallest absolute Gasteiger partial charge is 0.339 e. The van der Waals surface area contributed by atoms with Gasteiger partial charge in [0.25, 0.3) is 0 Å². The van der Waals surface area contributed by atoms with E-state index < -0.39 is 11.7 Å². The molecule has 0 saturated carbocycles. The second-order valence-corrected chi connectivity index (χ2v) is 2.65. The highest BCUT2D eigenvalue weighted by atomic mass is 16.4. The van der Waals surface area contributed by atoms with Crippen molar-refractivity contribution in [2.75, 3.05) is 0 Å². The number of hydrogen-bond acceptors (Lipinski definition) is 4. The van der Waals surface area contributed by atoms with Crippen molar-refractivity contribution in [1.82, 2.24) is 0 Å². The number of benzene rings is 1. The van der Waals surface area contributed by atoms with Crippen LogP contribution in [0.1, 0.15) is 21.5 Å². The summed E-state index contributed by atoms with van der Waals surface area (Å²) in [5, 5.41) is 26.5. The van der Waals surface area contributed by atoms with Crippen LogP contribution in [0.5, 0.6) is 5.75 Å². The van der Waals surface area contributed by atoms with E-state index in [1.165, 1.54) is 6.07 Å². The van der Waals surface area contributed by atoms with Crippen LogP contribution in [0.4, 0.5) is 0 Å². The van der Waals surface area contributed by atoms with Crippen LogP contribution in [0, 0.1) is 11.3 Å². The van der Waals surface area contributed by atoms with Gasteiger partial charge in [-0.2, -0.15) is 5.26 Å². The van der Waals surface area contributed by atoms with Crippen LogP contribution in [-0.4, -0.2) is 16.2 Å². The van der Waals surface area contributed by atoms with Gasteiger partial charge in [-0.1, -0.05) is 0 Å². The molecule has 1 rings (SSSR count). The molecule has 0 spiro atoms. The molecule has 72 valence electrons. The number of carbonyl (C=O) groups is 1. The Balaban J connectivity index is 3.39. The summed E-state index contributed by atoms with van der Waals surface area (Å²) >= 11 is 0. The van der Waals surface area contributed by atoms with Gasteiger partial charge in [-0.3, -0.25) is 0 Å². The number of phenols is 1. The maximum Gasteiger partial charge on any atom is 0.339 e. The molecule has 5 nitrogen and oxygen atoms in total. The van der Waals surface area contributed by atoms with E-state index in [4.69, 9.17) is 16.1 Å². The Morgan fingerprint density at radius 3 is 2.64 bits per heavy atom. The molecule has 0 bridgehead atoms. The van der Waals surface area contributed by atoms with Crippen molar-refractivity contribution in [1.29, 1.82) is 5.26 Å². The van der Waals surface area contributed by atoms with Gasteiger partial charge in [0.1, 0.15) is 11.3 Å². The minimum absolute atomic E-state index is 0.0590. The van der Waals surface area contributed by atoms with Crippen LogP contribution < -0.4 is 5.73 Å². The van der Waals surface area contributed by atoms with E-state index in [9.17, 15) is 9.90 Å². The van der Waals surface area contributed by atoms with Crippen LogP contribution in [-0.2, 0) is 6.54 Å². The number of carboxylic acid groups (broad SMARTS) is 1. The lowest BCUT2D eigenvalue weighted by molar-refractivity contribution is 0.0693. The fourth-order valence-corrected chi connectivity index (χ4v) is 1.08. The van der Waals surface area contributed by atoms with Crippen molar-refractivity contribution in [2.24, 2.45) is 5.73 Å². The van der Waals surface area contributed by atoms with Crippen LogP contribution in [0.3, 0.4) is 0 Å². The van der Waals surface area contributed by atoms with Crippen molar-refractivity contribution in [3.8, 4) is 11.8 Å². The molecule has 0 fully saturated rings. The molecule has 4 N–H and O–H groups in total. The molecule has 0 aliphatic heterocycles. The number of hydrogen-bond donors (Lipinski definition) is 3. The average Bonchev–Trinajstić information content (AvgIpc) is 2.16.